The van der Waals surface area contributed by atoms with Crippen LogP contribution in [0.4, 0.5) is 0 Å². The van der Waals surface area contributed by atoms with E-state index in [-0.39, 0.29) is 19.3 Å². The van der Waals surface area contributed by atoms with Gasteiger partial charge in [-0.25, -0.2) is 14.7 Å². The lowest BCUT2D eigenvalue weighted by Gasteiger charge is -2.41. The predicted octanol–water partition coefficient (Wildman–Crippen LogP) is 18.4. The smallest absolute Gasteiger partial charge is 0.259 e. The molecule has 0 aliphatic carbocycles. The molecular formula is C57H110O9. The molecular weight excluding hydrogens is 829 g/mol. The van der Waals surface area contributed by atoms with Crippen molar-refractivity contribution in [1.29, 1.82) is 0 Å². The van der Waals surface area contributed by atoms with E-state index in [1.165, 1.54) is 193 Å². The van der Waals surface area contributed by atoms with Gasteiger partial charge >= 0.3 is 0 Å². The molecule has 0 radical (unpaired) electrons. The topological polar surface area (TPSA) is 140 Å². The third-order valence-corrected chi connectivity index (χ3v) is 14.4. The Morgan fingerprint density at radius 2 is 0.485 bits per heavy atom. The van der Waals surface area contributed by atoms with Crippen LogP contribution < -0.4 is 0 Å². The van der Waals surface area contributed by atoms with Gasteiger partial charge in [-0.2, -0.15) is 0 Å². The minimum absolute atomic E-state index is 0.147. The van der Waals surface area contributed by atoms with E-state index in [2.05, 4.69) is 25.7 Å². The number of hydrogen-bond acceptors (Lipinski definition) is 9. The van der Waals surface area contributed by atoms with Crippen LogP contribution in [0.1, 0.15) is 329 Å². The van der Waals surface area contributed by atoms with Crippen LogP contribution in [-0.4, -0.2) is 50.9 Å². The molecule has 392 valence electrons. The third-order valence-electron chi connectivity index (χ3n) is 14.4. The summed E-state index contributed by atoms with van der Waals surface area (Å²) in [6.07, 6.45) is 51.5. The van der Waals surface area contributed by atoms with Gasteiger partial charge in [-0.05, 0) is 19.3 Å². The fourth-order valence-corrected chi connectivity index (χ4v) is 9.92. The highest BCUT2D eigenvalue weighted by molar-refractivity contribution is 6.16. The van der Waals surface area contributed by atoms with Gasteiger partial charge in [0.1, 0.15) is 6.61 Å². The average molecular weight is 939 g/mol. The standard InChI is InChI=1S/C57H110O9/c1-4-7-10-13-16-19-22-25-28-31-34-37-40-43-46-49-53(58)56(65-62,52-64-61)57(66-63,54(59)50-47-44-41-38-35-32-29-26-23-20-17-14-11-8-5-2)55(60)51-48-45-42-39-36-33-30-27-24-21-18-15-12-9-6-3/h61-63H,4-52H2,1-3H3. The molecule has 0 aromatic carbocycles. The molecule has 1 unspecified atom stereocenters. The van der Waals surface area contributed by atoms with Crippen molar-refractivity contribution >= 4 is 17.3 Å². The van der Waals surface area contributed by atoms with E-state index in [0.717, 1.165) is 77.0 Å². The molecule has 0 aromatic heterocycles. The molecule has 66 heavy (non-hydrogen) atoms. The van der Waals surface area contributed by atoms with Crippen LogP contribution in [-0.2, 0) is 29.0 Å². The molecule has 9 nitrogen and oxygen atoms in total. The van der Waals surface area contributed by atoms with Crippen LogP contribution in [0.15, 0.2) is 0 Å². The second-order valence-electron chi connectivity index (χ2n) is 20.3. The van der Waals surface area contributed by atoms with Gasteiger partial charge in [-0.15, -0.1) is 0 Å². The molecule has 1 atom stereocenters. The van der Waals surface area contributed by atoms with E-state index in [1.54, 1.807) is 0 Å². The van der Waals surface area contributed by atoms with Gasteiger partial charge in [0.2, 0.25) is 5.60 Å². The minimum atomic E-state index is -2.87. The highest BCUT2D eigenvalue weighted by atomic mass is 17.2. The SMILES string of the molecule is CCCCCCCCCCCCCCCCCC(=O)C(COO)(OO)C(OO)(C(=O)CCCCCCCCCCCCCCCCC)C(=O)CCCCCCCCCCCCCCCCC. The highest BCUT2D eigenvalue weighted by Crippen LogP contribution is 2.38. The molecule has 0 aliphatic rings. The quantitative estimate of drug-likeness (QED) is 0.0235. The molecule has 0 saturated heterocycles. The summed E-state index contributed by atoms with van der Waals surface area (Å²) in [5, 5.41) is 30.8. The molecule has 0 spiro atoms. The molecule has 0 aliphatic heterocycles. The average Bonchev–Trinajstić information content (AvgIpc) is 3.32. The van der Waals surface area contributed by atoms with Gasteiger partial charge in [-0.3, -0.25) is 30.2 Å². The Labute approximate surface area is 407 Å². The van der Waals surface area contributed by atoms with Crippen LogP contribution in [0.3, 0.4) is 0 Å². The van der Waals surface area contributed by atoms with Crippen molar-refractivity contribution in [3.63, 3.8) is 0 Å². The molecule has 0 rings (SSSR count). The lowest BCUT2D eigenvalue weighted by molar-refractivity contribution is -0.413. The molecule has 0 bridgehead atoms. The van der Waals surface area contributed by atoms with E-state index in [1.807, 2.05) is 0 Å². The lowest BCUT2D eigenvalue weighted by atomic mass is 9.70. The number of carbonyl (C=O) groups excluding carboxylic acids is 3. The molecule has 0 heterocycles. The second kappa shape index (κ2) is 48.8. The van der Waals surface area contributed by atoms with E-state index in [0.29, 0.717) is 19.3 Å². The molecule has 0 amide bonds. The first-order valence-corrected chi connectivity index (χ1v) is 28.9. The number of ketones is 3. The number of unbranched alkanes of at least 4 members (excludes halogenated alkanes) is 42. The van der Waals surface area contributed by atoms with Crippen molar-refractivity contribution in [1.82, 2.24) is 0 Å². The van der Waals surface area contributed by atoms with Crippen molar-refractivity contribution < 1.29 is 44.8 Å². The van der Waals surface area contributed by atoms with Crippen LogP contribution in [0.5, 0.6) is 0 Å². The Kier molecular flexibility index (Phi) is 47.9. The zero-order valence-electron chi connectivity index (χ0n) is 43.9. The number of Topliss-reactive ketones (excluding diaryl/α,β-unsaturated/α-hetero) is 3. The summed E-state index contributed by atoms with van der Waals surface area (Å²) in [6.45, 7) is 5.71. The van der Waals surface area contributed by atoms with E-state index in [4.69, 9.17) is 9.78 Å². The maximum atomic E-state index is 14.2. The summed E-state index contributed by atoms with van der Waals surface area (Å²) < 4.78 is 0. The van der Waals surface area contributed by atoms with Gasteiger partial charge < -0.3 is 0 Å². The van der Waals surface area contributed by atoms with Crippen molar-refractivity contribution in [3.8, 4) is 0 Å². The number of rotatable bonds is 56. The van der Waals surface area contributed by atoms with Crippen molar-refractivity contribution in [3.05, 3.63) is 0 Å². The van der Waals surface area contributed by atoms with Crippen LogP contribution in [0, 0.1) is 0 Å². The van der Waals surface area contributed by atoms with Crippen LogP contribution >= 0.6 is 0 Å². The van der Waals surface area contributed by atoms with Crippen LogP contribution in [0.25, 0.3) is 0 Å². The van der Waals surface area contributed by atoms with Crippen molar-refractivity contribution in [2.75, 3.05) is 6.61 Å². The molecule has 3 N–H and O–H groups in total. The Balaban J connectivity index is 5.22. The van der Waals surface area contributed by atoms with Gasteiger partial charge in [-0.1, -0.05) is 290 Å². The predicted molar refractivity (Wildman–Crippen MR) is 275 cm³/mol. The maximum absolute atomic E-state index is 14.2. The molecule has 0 aromatic rings. The maximum Gasteiger partial charge on any atom is 0.259 e. The first kappa shape index (κ1) is 64.8. The Morgan fingerprint density at radius 1 is 0.288 bits per heavy atom. The van der Waals surface area contributed by atoms with Crippen LogP contribution in [0.2, 0.25) is 0 Å². The summed E-state index contributed by atoms with van der Waals surface area (Å²) in [4.78, 5) is 56.7. The Hall–Kier alpha value is -1.23. The Bertz CT molecular complexity index is 1020. The normalized spacial score (nSPS) is 12.8. The molecule has 0 fully saturated rings. The first-order valence-electron chi connectivity index (χ1n) is 28.9. The fraction of sp³-hybridized carbons (Fsp3) is 0.947. The summed E-state index contributed by atoms with van der Waals surface area (Å²) in [6, 6.07) is 0. The summed E-state index contributed by atoms with van der Waals surface area (Å²) in [5.41, 5.74) is -5.63. The van der Waals surface area contributed by atoms with Gasteiger partial charge in [0.25, 0.3) is 5.60 Å². The van der Waals surface area contributed by atoms with E-state index < -0.39 is 35.2 Å². The monoisotopic (exact) mass is 939 g/mol. The zero-order chi connectivity index (χ0) is 48.5. The first-order chi connectivity index (χ1) is 32.4. The van der Waals surface area contributed by atoms with Gasteiger partial charge in [0.15, 0.2) is 17.3 Å². The minimum Gasteiger partial charge on any atom is -0.296 e. The third kappa shape index (κ3) is 31.8. The lowest BCUT2D eigenvalue weighted by Crippen LogP contribution is -2.71. The molecule has 9 heteroatoms. The molecule has 0 saturated carbocycles. The fourth-order valence-electron chi connectivity index (χ4n) is 9.92. The summed E-state index contributed by atoms with van der Waals surface area (Å²) in [7, 11) is 0. The van der Waals surface area contributed by atoms with E-state index in [9.17, 15) is 30.2 Å². The Morgan fingerprint density at radius 3 is 0.667 bits per heavy atom. The zero-order valence-corrected chi connectivity index (χ0v) is 43.9. The van der Waals surface area contributed by atoms with Crippen molar-refractivity contribution in [2.24, 2.45) is 0 Å². The second-order valence-corrected chi connectivity index (χ2v) is 20.3. The van der Waals surface area contributed by atoms with E-state index >= 15 is 0 Å². The summed E-state index contributed by atoms with van der Waals surface area (Å²) in [5.74, 6) is -2.51. The number of carbonyl (C=O) groups is 3. The highest BCUT2D eigenvalue weighted by Gasteiger charge is 2.68. The largest absolute Gasteiger partial charge is 0.296 e. The van der Waals surface area contributed by atoms with Gasteiger partial charge in [0, 0.05) is 19.3 Å². The van der Waals surface area contributed by atoms with Crippen molar-refractivity contribution in [2.45, 2.75) is 340 Å². The number of hydrogen-bond donors (Lipinski definition) is 3. The van der Waals surface area contributed by atoms with Gasteiger partial charge in [0.05, 0.1) is 0 Å². The summed E-state index contributed by atoms with van der Waals surface area (Å²) >= 11 is 0.